The first-order valence-corrected chi connectivity index (χ1v) is 5.04. The molecule has 0 aromatic heterocycles. The Hall–Kier alpha value is -1.55. The summed E-state index contributed by atoms with van der Waals surface area (Å²) < 4.78 is 0. The summed E-state index contributed by atoms with van der Waals surface area (Å²) in [5.74, 6) is -0.380. The van der Waals surface area contributed by atoms with E-state index in [-0.39, 0.29) is 5.91 Å². The summed E-state index contributed by atoms with van der Waals surface area (Å²) in [6, 6.07) is 5.98. The first kappa shape index (κ1) is 9.98. The molecule has 0 spiro atoms. The summed E-state index contributed by atoms with van der Waals surface area (Å²) in [6.07, 6.45) is 0. The molecular weight excluding hydrogens is 190 g/mol. The lowest BCUT2D eigenvalue weighted by atomic mass is 10.1. The highest BCUT2D eigenvalue weighted by Gasteiger charge is 2.16. The van der Waals surface area contributed by atoms with Crippen LogP contribution < -0.4 is 16.4 Å². The summed E-state index contributed by atoms with van der Waals surface area (Å²) in [6.45, 7) is 3.97. The second-order valence-corrected chi connectivity index (χ2v) is 3.89. The molecule has 1 aliphatic heterocycles. The largest absolute Gasteiger partial charge is 0.380 e. The van der Waals surface area contributed by atoms with Crippen LogP contribution in [0.3, 0.4) is 0 Å². The minimum absolute atomic E-state index is 0.380. The summed E-state index contributed by atoms with van der Waals surface area (Å²) in [5.41, 5.74) is 7.89. The van der Waals surface area contributed by atoms with Gasteiger partial charge in [0, 0.05) is 24.3 Å². The van der Waals surface area contributed by atoms with E-state index in [1.165, 1.54) is 0 Å². The van der Waals surface area contributed by atoms with E-state index in [0.717, 1.165) is 24.3 Å². The van der Waals surface area contributed by atoms with Crippen LogP contribution in [0, 0.1) is 6.92 Å². The molecule has 15 heavy (non-hydrogen) atoms. The third kappa shape index (κ3) is 2.10. The Balaban J connectivity index is 2.14. The van der Waals surface area contributed by atoms with E-state index in [1.54, 1.807) is 6.07 Å². The fourth-order valence-corrected chi connectivity index (χ4v) is 1.59. The van der Waals surface area contributed by atoms with E-state index < -0.39 is 0 Å². The maximum absolute atomic E-state index is 10.9. The minimum Gasteiger partial charge on any atom is -0.380 e. The van der Waals surface area contributed by atoms with Crippen LogP contribution in [0.2, 0.25) is 0 Å². The number of benzene rings is 1. The van der Waals surface area contributed by atoms with E-state index in [2.05, 4.69) is 10.6 Å². The Morgan fingerprint density at radius 2 is 2.27 bits per heavy atom. The van der Waals surface area contributed by atoms with Crippen molar-refractivity contribution in [1.29, 1.82) is 0 Å². The number of nitrogens with two attached hydrogens (primary N) is 1. The average molecular weight is 205 g/mol. The van der Waals surface area contributed by atoms with Crippen molar-refractivity contribution in [3.63, 3.8) is 0 Å². The molecule has 1 aromatic rings. The van der Waals surface area contributed by atoms with E-state index in [4.69, 9.17) is 5.73 Å². The number of rotatable bonds is 3. The van der Waals surface area contributed by atoms with Gasteiger partial charge < -0.3 is 16.4 Å². The van der Waals surface area contributed by atoms with Gasteiger partial charge in [-0.25, -0.2) is 0 Å². The zero-order chi connectivity index (χ0) is 10.8. The first-order chi connectivity index (χ1) is 7.16. The molecule has 1 aromatic carbocycles. The monoisotopic (exact) mass is 205 g/mol. The van der Waals surface area contributed by atoms with Crippen molar-refractivity contribution in [2.24, 2.45) is 5.73 Å². The van der Waals surface area contributed by atoms with Crippen molar-refractivity contribution in [1.82, 2.24) is 5.32 Å². The van der Waals surface area contributed by atoms with Gasteiger partial charge in [-0.3, -0.25) is 4.79 Å². The Morgan fingerprint density at radius 3 is 2.73 bits per heavy atom. The molecule has 0 saturated carbocycles. The van der Waals surface area contributed by atoms with Crippen LogP contribution in [-0.4, -0.2) is 25.0 Å². The van der Waals surface area contributed by atoms with E-state index in [1.807, 2.05) is 19.1 Å². The van der Waals surface area contributed by atoms with Crippen molar-refractivity contribution in [3.8, 4) is 0 Å². The van der Waals surface area contributed by atoms with E-state index >= 15 is 0 Å². The van der Waals surface area contributed by atoms with Crippen LogP contribution in [0.15, 0.2) is 18.2 Å². The standard InChI is InChI=1S/C11H15N3O/c1-7-4-8(11(12)15)2-3-10(7)14-9-5-13-6-9/h2-4,9,13-14H,5-6H2,1H3,(H2,12,15). The van der Waals surface area contributed by atoms with Crippen molar-refractivity contribution >= 4 is 11.6 Å². The van der Waals surface area contributed by atoms with Gasteiger partial charge in [0.25, 0.3) is 0 Å². The molecule has 4 heteroatoms. The predicted octanol–water partition coefficient (Wildman–Crippen LogP) is 0.478. The van der Waals surface area contributed by atoms with Crippen LogP contribution in [-0.2, 0) is 0 Å². The Bertz CT molecular complexity index is 385. The molecule has 1 fully saturated rings. The maximum Gasteiger partial charge on any atom is 0.248 e. The fraction of sp³-hybridized carbons (Fsp3) is 0.364. The average Bonchev–Trinajstić information content (AvgIpc) is 2.12. The van der Waals surface area contributed by atoms with Gasteiger partial charge in [-0.2, -0.15) is 0 Å². The van der Waals surface area contributed by atoms with Crippen molar-refractivity contribution in [3.05, 3.63) is 29.3 Å². The van der Waals surface area contributed by atoms with Crippen molar-refractivity contribution < 1.29 is 4.79 Å². The number of carbonyl (C=O) groups excluding carboxylic acids is 1. The highest BCUT2D eigenvalue weighted by Crippen LogP contribution is 2.18. The number of nitrogens with one attached hydrogen (secondary N) is 2. The highest BCUT2D eigenvalue weighted by molar-refractivity contribution is 5.93. The Kier molecular flexibility index (Phi) is 2.60. The minimum atomic E-state index is -0.380. The van der Waals surface area contributed by atoms with Crippen LogP contribution >= 0.6 is 0 Å². The van der Waals surface area contributed by atoms with Gasteiger partial charge in [0.2, 0.25) is 5.91 Å². The molecule has 1 amide bonds. The molecule has 0 unspecified atom stereocenters. The third-order valence-corrected chi connectivity index (χ3v) is 2.65. The lowest BCUT2D eigenvalue weighted by Crippen LogP contribution is -2.51. The van der Waals surface area contributed by atoms with Gasteiger partial charge in [-0.15, -0.1) is 0 Å². The van der Waals surface area contributed by atoms with E-state index in [0.29, 0.717) is 11.6 Å². The molecule has 1 heterocycles. The van der Waals surface area contributed by atoms with Crippen molar-refractivity contribution in [2.45, 2.75) is 13.0 Å². The second-order valence-electron chi connectivity index (χ2n) is 3.89. The lowest BCUT2D eigenvalue weighted by molar-refractivity contribution is 0.100. The molecule has 1 aliphatic rings. The number of aryl methyl sites for hydroxylation is 1. The Morgan fingerprint density at radius 1 is 1.53 bits per heavy atom. The molecule has 0 atom stereocenters. The second kappa shape index (κ2) is 3.90. The van der Waals surface area contributed by atoms with Gasteiger partial charge >= 0.3 is 0 Å². The van der Waals surface area contributed by atoms with Crippen LogP contribution in [0.4, 0.5) is 5.69 Å². The predicted molar refractivity (Wildman–Crippen MR) is 60.0 cm³/mol. The van der Waals surface area contributed by atoms with E-state index in [9.17, 15) is 4.79 Å². The number of hydrogen-bond donors (Lipinski definition) is 3. The molecule has 4 N–H and O–H groups in total. The molecule has 0 radical (unpaired) electrons. The fourth-order valence-electron chi connectivity index (χ4n) is 1.59. The molecular formula is C11H15N3O. The van der Waals surface area contributed by atoms with Gasteiger partial charge in [-0.1, -0.05) is 0 Å². The number of carbonyl (C=O) groups is 1. The van der Waals surface area contributed by atoms with Gasteiger partial charge in [-0.05, 0) is 30.7 Å². The zero-order valence-corrected chi connectivity index (χ0v) is 8.71. The lowest BCUT2D eigenvalue weighted by Gasteiger charge is -2.29. The molecule has 80 valence electrons. The molecule has 1 saturated heterocycles. The topological polar surface area (TPSA) is 67.2 Å². The van der Waals surface area contributed by atoms with Gasteiger partial charge in [0.15, 0.2) is 0 Å². The highest BCUT2D eigenvalue weighted by atomic mass is 16.1. The molecule has 0 aliphatic carbocycles. The number of anilines is 1. The normalized spacial score (nSPS) is 15.8. The van der Waals surface area contributed by atoms with Crippen molar-refractivity contribution in [2.75, 3.05) is 18.4 Å². The molecule has 2 rings (SSSR count). The molecule has 0 bridgehead atoms. The summed E-state index contributed by atoms with van der Waals surface area (Å²) in [7, 11) is 0. The van der Waals surface area contributed by atoms with Crippen LogP contribution in [0.1, 0.15) is 15.9 Å². The van der Waals surface area contributed by atoms with Gasteiger partial charge in [0.05, 0.1) is 6.04 Å². The zero-order valence-electron chi connectivity index (χ0n) is 8.71. The maximum atomic E-state index is 10.9. The third-order valence-electron chi connectivity index (χ3n) is 2.65. The summed E-state index contributed by atoms with van der Waals surface area (Å²) in [5, 5.41) is 6.59. The first-order valence-electron chi connectivity index (χ1n) is 5.04. The number of hydrogen-bond acceptors (Lipinski definition) is 3. The molecule has 4 nitrogen and oxygen atoms in total. The Labute approximate surface area is 88.9 Å². The summed E-state index contributed by atoms with van der Waals surface area (Å²) >= 11 is 0. The quantitative estimate of drug-likeness (QED) is 0.672. The smallest absolute Gasteiger partial charge is 0.248 e. The number of primary amides is 1. The number of amides is 1. The van der Waals surface area contributed by atoms with Crippen LogP contribution in [0.25, 0.3) is 0 Å². The summed E-state index contributed by atoms with van der Waals surface area (Å²) in [4.78, 5) is 10.9. The van der Waals surface area contributed by atoms with Crippen LogP contribution in [0.5, 0.6) is 0 Å². The SMILES string of the molecule is Cc1cc(C(N)=O)ccc1NC1CNC1. The van der Waals surface area contributed by atoms with Gasteiger partial charge in [0.1, 0.15) is 0 Å².